The number of likely N-dealkylation sites (N-methyl/N-ethyl adjacent to an activating group) is 1. The second-order valence-electron chi connectivity index (χ2n) is 6.24. The van der Waals surface area contributed by atoms with Crippen LogP contribution in [-0.4, -0.2) is 45.7 Å². The van der Waals surface area contributed by atoms with Crippen molar-refractivity contribution in [2.75, 3.05) is 14.1 Å². The Balaban J connectivity index is 1.78. The van der Waals surface area contributed by atoms with Gasteiger partial charge in [0.2, 0.25) is 5.91 Å². The highest BCUT2D eigenvalue weighted by Crippen LogP contribution is 2.20. The Bertz CT molecular complexity index is 680. The van der Waals surface area contributed by atoms with E-state index in [0.717, 1.165) is 36.6 Å². The summed E-state index contributed by atoms with van der Waals surface area (Å²) in [6.07, 6.45) is 1.85. The predicted molar refractivity (Wildman–Crippen MR) is 87.9 cm³/mol. The molecule has 0 spiro atoms. The second-order valence-corrected chi connectivity index (χ2v) is 6.24. The fraction of sp³-hybridized carbons (Fsp3) is 0.471. The van der Waals surface area contributed by atoms with Gasteiger partial charge in [-0.2, -0.15) is 5.10 Å². The van der Waals surface area contributed by atoms with Gasteiger partial charge in [-0.25, -0.2) is 9.67 Å². The van der Waals surface area contributed by atoms with Crippen LogP contribution >= 0.6 is 0 Å². The molecule has 0 radical (unpaired) electrons. The van der Waals surface area contributed by atoms with Gasteiger partial charge in [0.05, 0.1) is 6.54 Å². The van der Waals surface area contributed by atoms with Crippen molar-refractivity contribution in [1.29, 1.82) is 0 Å². The number of hydrogen-bond acceptors (Lipinski definition) is 4. The van der Waals surface area contributed by atoms with Crippen LogP contribution in [0.3, 0.4) is 0 Å². The zero-order chi connectivity index (χ0) is 16.4. The van der Waals surface area contributed by atoms with E-state index in [9.17, 15) is 4.79 Å². The average molecular weight is 313 g/mol. The van der Waals surface area contributed by atoms with Gasteiger partial charge < -0.3 is 4.90 Å². The number of aromatic nitrogens is 3. The standard InChI is InChI=1S/C17H23N5O/c1-12-18-15-10-9-14(11-22(15)20-12)19-16(17(23)21(2)3)13-7-5-4-6-8-13/h4-8,14,16,19H,9-11H2,1-3H3/t14-,16+/m1/s1. The highest BCUT2D eigenvalue weighted by atomic mass is 16.2. The third-order valence-corrected chi connectivity index (χ3v) is 4.19. The summed E-state index contributed by atoms with van der Waals surface area (Å²) >= 11 is 0. The van der Waals surface area contributed by atoms with Gasteiger partial charge in [0.1, 0.15) is 17.7 Å². The van der Waals surface area contributed by atoms with E-state index in [1.165, 1.54) is 0 Å². The summed E-state index contributed by atoms with van der Waals surface area (Å²) in [6.45, 7) is 2.66. The minimum absolute atomic E-state index is 0.0665. The maximum Gasteiger partial charge on any atom is 0.243 e. The van der Waals surface area contributed by atoms with E-state index in [4.69, 9.17) is 0 Å². The number of hydrogen-bond donors (Lipinski definition) is 1. The SMILES string of the molecule is Cc1nc2n(n1)C[C@H](N[C@H](C(=O)N(C)C)c1ccccc1)CC2. The van der Waals surface area contributed by atoms with Gasteiger partial charge in [0.25, 0.3) is 0 Å². The summed E-state index contributed by atoms with van der Waals surface area (Å²) in [4.78, 5) is 18.7. The molecular formula is C17H23N5O. The molecule has 122 valence electrons. The first-order chi connectivity index (χ1) is 11.0. The Hall–Kier alpha value is -2.21. The summed E-state index contributed by atoms with van der Waals surface area (Å²) in [6, 6.07) is 9.76. The topological polar surface area (TPSA) is 63.1 Å². The van der Waals surface area contributed by atoms with Crippen LogP contribution in [0.1, 0.15) is 29.7 Å². The first-order valence-corrected chi connectivity index (χ1v) is 7.97. The van der Waals surface area contributed by atoms with Crippen LogP contribution in [0.5, 0.6) is 0 Å². The Morgan fingerprint density at radius 3 is 2.78 bits per heavy atom. The lowest BCUT2D eigenvalue weighted by atomic mass is 10.0. The number of nitrogens with one attached hydrogen (secondary N) is 1. The fourth-order valence-electron chi connectivity index (χ4n) is 3.02. The number of amides is 1. The Morgan fingerprint density at radius 1 is 1.35 bits per heavy atom. The molecule has 6 nitrogen and oxygen atoms in total. The van der Waals surface area contributed by atoms with E-state index in [0.29, 0.717) is 0 Å². The molecule has 1 aliphatic rings. The van der Waals surface area contributed by atoms with Gasteiger partial charge in [-0.05, 0) is 18.9 Å². The Kier molecular flexibility index (Phi) is 4.43. The minimum atomic E-state index is -0.331. The van der Waals surface area contributed by atoms with Crippen LogP contribution in [0, 0.1) is 6.92 Å². The predicted octanol–water partition coefficient (Wildman–Crippen LogP) is 1.32. The summed E-state index contributed by atoms with van der Waals surface area (Å²) in [5.41, 5.74) is 0.992. The van der Waals surface area contributed by atoms with Crippen molar-refractivity contribution in [1.82, 2.24) is 25.0 Å². The zero-order valence-electron chi connectivity index (χ0n) is 13.9. The van der Waals surface area contributed by atoms with Crippen LogP contribution in [-0.2, 0) is 17.8 Å². The van der Waals surface area contributed by atoms with Gasteiger partial charge in [-0.3, -0.25) is 10.1 Å². The van der Waals surface area contributed by atoms with Gasteiger partial charge in [0.15, 0.2) is 0 Å². The monoisotopic (exact) mass is 313 g/mol. The number of carbonyl (C=O) groups excluding carboxylic acids is 1. The van der Waals surface area contributed by atoms with E-state index >= 15 is 0 Å². The first-order valence-electron chi connectivity index (χ1n) is 7.97. The summed E-state index contributed by atoms with van der Waals surface area (Å²) in [5, 5.41) is 7.96. The first kappa shape index (κ1) is 15.7. The molecule has 6 heteroatoms. The van der Waals surface area contributed by atoms with Gasteiger partial charge >= 0.3 is 0 Å². The van der Waals surface area contributed by atoms with Crippen LogP contribution in [0.4, 0.5) is 0 Å². The van der Waals surface area contributed by atoms with Crippen molar-refractivity contribution in [2.24, 2.45) is 0 Å². The summed E-state index contributed by atoms with van der Waals surface area (Å²) in [7, 11) is 3.58. The molecule has 1 aromatic heterocycles. The van der Waals surface area contributed by atoms with Crippen molar-refractivity contribution >= 4 is 5.91 Å². The van der Waals surface area contributed by atoms with Crippen LogP contribution in [0.2, 0.25) is 0 Å². The number of nitrogens with zero attached hydrogens (tertiary/aromatic N) is 4. The zero-order valence-corrected chi connectivity index (χ0v) is 13.9. The molecule has 0 saturated heterocycles. The van der Waals surface area contributed by atoms with E-state index in [-0.39, 0.29) is 18.0 Å². The van der Waals surface area contributed by atoms with E-state index < -0.39 is 0 Å². The molecule has 0 aliphatic carbocycles. The third kappa shape index (κ3) is 3.42. The fourth-order valence-corrected chi connectivity index (χ4v) is 3.02. The molecule has 0 bridgehead atoms. The minimum Gasteiger partial charge on any atom is -0.347 e. The molecule has 2 aromatic rings. The Labute approximate surface area is 136 Å². The summed E-state index contributed by atoms with van der Waals surface area (Å²) in [5.74, 6) is 1.91. The molecule has 3 rings (SSSR count). The van der Waals surface area contributed by atoms with Crippen molar-refractivity contribution in [2.45, 2.75) is 38.4 Å². The maximum atomic E-state index is 12.6. The molecule has 1 amide bonds. The largest absolute Gasteiger partial charge is 0.347 e. The quantitative estimate of drug-likeness (QED) is 0.925. The van der Waals surface area contributed by atoms with Gasteiger partial charge in [-0.15, -0.1) is 0 Å². The highest BCUT2D eigenvalue weighted by Gasteiger charge is 2.28. The number of aryl methyl sites for hydroxylation is 2. The lowest BCUT2D eigenvalue weighted by molar-refractivity contribution is -0.131. The van der Waals surface area contributed by atoms with E-state index in [1.54, 1.807) is 19.0 Å². The van der Waals surface area contributed by atoms with Gasteiger partial charge in [0, 0.05) is 26.6 Å². The summed E-state index contributed by atoms with van der Waals surface area (Å²) < 4.78 is 1.96. The van der Waals surface area contributed by atoms with Crippen LogP contribution < -0.4 is 5.32 Å². The molecular weight excluding hydrogens is 290 g/mol. The number of rotatable bonds is 4. The number of fused-ring (bicyclic) bond motifs is 1. The lowest BCUT2D eigenvalue weighted by Gasteiger charge is -2.29. The Morgan fingerprint density at radius 2 is 2.09 bits per heavy atom. The highest BCUT2D eigenvalue weighted by molar-refractivity contribution is 5.82. The van der Waals surface area contributed by atoms with E-state index in [2.05, 4.69) is 15.4 Å². The molecule has 23 heavy (non-hydrogen) atoms. The molecule has 1 aliphatic heterocycles. The smallest absolute Gasteiger partial charge is 0.243 e. The number of carbonyl (C=O) groups is 1. The lowest BCUT2D eigenvalue weighted by Crippen LogP contribution is -2.45. The van der Waals surface area contributed by atoms with Crippen LogP contribution in [0.15, 0.2) is 30.3 Å². The average Bonchev–Trinajstić information content (AvgIpc) is 2.92. The maximum absolute atomic E-state index is 12.6. The molecule has 2 atom stereocenters. The molecule has 1 N–H and O–H groups in total. The van der Waals surface area contributed by atoms with Crippen molar-refractivity contribution in [3.8, 4) is 0 Å². The van der Waals surface area contributed by atoms with Crippen molar-refractivity contribution in [3.63, 3.8) is 0 Å². The third-order valence-electron chi connectivity index (χ3n) is 4.19. The van der Waals surface area contributed by atoms with E-state index in [1.807, 2.05) is 41.9 Å². The molecule has 2 heterocycles. The van der Waals surface area contributed by atoms with Gasteiger partial charge in [-0.1, -0.05) is 30.3 Å². The molecule has 0 saturated carbocycles. The normalized spacial score (nSPS) is 18.3. The van der Waals surface area contributed by atoms with Crippen LogP contribution in [0.25, 0.3) is 0 Å². The van der Waals surface area contributed by atoms with Crippen molar-refractivity contribution in [3.05, 3.63) is 47.5 Å². The molecule has 0 unspecified atom stereocenters. The van der Waals surface area contributed by atoms with Crippen molar-refractivity contribution < 1.29 is 4.79 Å². The molecule has 1 aromatic carbocycles. The number of benzene rings is 1. The second kappa shape index (κ2) is 6.50. The molecule has 0 fully saturated rings.